The molecule has 0 saturated carbocycles. The van der Waals surface area contributed by atoms with E-state index in [2.05, 4.69) is 65.8 Å². The van der Waals surface area contributed by atoms with Gasteiger partial charge in [-0.05, 0) is 63.2 Å². The van der Waals surface area contributed by atoms with Crippen molar-refractivity contribution in [2.45, 2.75) is 413 Å². The summed E-state index contributed by atoms with van der Waals surface area (Å²) in [6, 6.07) is 0. The molecule has 0 fully saturated rings. The van der Waals surface area contributed by atoms with E-state index in [0.717, 1.165) is 127 Å². The Morgan fingerprint density at radius 2 is 0.566 bits per heavy atom. The number of rotatable bonds is 77. The molecule has 0 aromatic carbocycles. The molecule has 0 aromatic heterocycles. The van der Waals surface area contributed by atoms with E-state index in [9.17, 15) is 43.2 Å². The quantitative estimate of drug-likeness (QED) is 0.0169. The van der Waals surface area contributed by atoms with Crippen LogP contribution >= 0.6 is 15.6 Å². The summed E-state index contributed by atoms with van der Waals surface area (Å²) in [4.78, 5) is 72.8. The first kappa shape index (κ1) is 96.5. The summed E-state index contributed by atoms with van der Waals surface area (Å²) in [6.07, 6.45) is 63.2. The molecule has 4 unspecified atom stereocenters. The molecule has 0 amide bonds. The highest BCUT2D eigenvalue weighted by Crippen LogP contribution is 2.45. The number of ether oxygens (including phenoxy) is 4. The van der Waals surface area contributed by atoms with E-state index in [-0.39, 0.29) is 25.7 Å². The summed E-state index contributed by atoms with van der Waals surface area (Å²) in [7, 11) is -9.92. The summed E-state index contributed by atoms with van der Waals surface area (Å²) in [6.45, 7) is 9.62. The Balaban J connectivity index is 5.22. The van der Waals surface area contributed by atoms with E-state index in [1.807, 2.05) is 0 Å². The number of phosphoric acid groups is 2. The minimum Gasteiger partial charge on any atom is -0.462 e. The second kappa shape index (κ2) is 71.2. The number of hydrogen-bond acceptors (Lipinski definition) is 15. The molecule has 0 radical (unpaired) electrons. The minimum atomic E-state index is -4.97. The van der Waals surface area contributed by atoms with Crippen LogP contribution in [0.25, 0.3) is 0 Å². The molecule has 0 spiro atoms. The summed E-state index contributed by atoms with van der Waals surface area (Å²) in [5.74, 6) is -0.473. The Bertz CT molecular complexity index is 2010. The lowest BCUT2D eigenvalue weighted by Crippen LogP contribution is -2.30. The molecule has 0 aliphatic heterocycles. The van der Waals surface area contributed by atoms with Crippen molar-refractivity contribution >= 4 is 39.5 Å². The second-order valence-corrected chi connectivity index (χ2v) is 31.5. The van der Waals surface area contributed by atoms with E-state index >= 15 is 0 Å². The SMILES string of the molecule is CCCCCC/C=C\C=C/CCCCCCCC(=O)OC[C@H](COP(=O)(O)OC[C@@H](O)COP(=O)(O)OC[C@@H](COC(=O)CCCCCCCCCC)OC(=O)CCCCCCCCCCCCC(C)CC)OC(=O)CCCCCCCCCCCCCCCCCCCCC(C)CC. The number of allylic oxidation sites excluding steroid dienone is 4. The van der Waals surface area contributed by atoms with Crippen LogP contribution in [0.5, 0.6) is 0 Å². The molecule has 19 heteroatoms. The molecule has 7 atom stereocenters. The van der Waals surface area contributed by atoms with E-state index in [0.29, 0.717) is 25.7 Å². The molecule has 0 aliphatic carbocycles. The fourth-order valence-electron chi connectivity index (χ4n) is 11.8. The highest BCUT2D eigenvalue weighted by Gasteiger charge is 2.30. The average molecular weight is 1450 g/mol. The zero-order valence-electron chi connectivity index (χ0n) is 64.3. The van der Waals surface area contributed by atoms with Crippen LogP contribution in [-0.2, 0) is 65.4 Å². The largest absolute Gasteiger partial charge is 0.472 e. The van der Waals surface area contributed by atoms with Crippen molar-refractivity contribution in [3.05, 3.63) is 24.3 Å². The number of unbranched alkanes of at least 4 members (excludes halogenated alkanes) is 42. The van der Waals surface area contributed by atoms with Crippen molar-refractivity contribution in [2.24, 2.45) is 11.8 Å². The minimum absolute atomic E-state index is 0.101. The molecule has 0 saturated heterocycles. The van der Waals surface area contributed by atoms with Gasteiger partial charge >= 0.3 is 39.5 Å². The standard InChI is InChI=1S/C80H152O17P2/c1-7-11-13-15-17-19-20-21-26-30-33-39-45-51-57-63-78(83)91-69-76(97-79(84)64-58-52-46-40-34-31-28-25-23-22-24-27-29-32-37-42-48-54-60-72(5)9-3)71-95-99(88,89)93-67-74(81)66-92-98(86,87)94-70-75(68-90-77(82)62-56-50-44-18-16-14-12-8-2)96-80(85)65-59-53-47-41-36-35-38-43-49-55-61-73(6)10-4/h19-21,26,72-76,81H,7-18,22-25,27-71H2,1-6H3,(H,86,87)(H,88,89)/b20-19-,26-21-/t72?,73?,74-,75+,76+/m0/s1. The molecule has 0 aliphatic rings. The Kier molecular flexibility index (Phi) is 69.4. The number of aliphatic hydroxyl groups excluding tert-OH is 1. The third kappa shape index (κ3) is 71.0. The normalized spacial score (nSPS) is 14.6. The van der Waals surface area contributed by atoms with E-state index in [4.69, 9.17) is 37.0 Å². The first-order valence-electron chi connectivity index (χ1n) is 40.9. The average Bonchev–Trinajstić information content (AvgIpc) is 1.03. The number of carbonyl (C=O) groups is 4. The van der Waals surface area contributed by atoms with E-state index < -0.39 is 97.5 Å². The van der Waals surface area contributed by atoms with Crippen LogP contribution in [0.1, 0.15) is 395 Å². The fraction of sp³-hybridized carbons (Fsp3) is 0.900. The van der Waals surface area contributed by atoms with E-state index in [1.54, 1.807) is 0 Å². The first-order chi connectivity index (χ1) is 47.9. The third-order valence-corrected chi connectivity index (χ3v) is 20.7. The zero-order valence-corrected chi connectivity index (χ0v) is 66.1. The topological polar surface area (TPSA) is 237 Å². The van der Waals surface area contributed by atoms with Crippen molar-refractivity contribution < 1.29 is 80.2 Å². The molecule has 0 bridgehead atoms. The molecular weight excluding hydrogens is 1290 g/mol. The zero-order chi connectivity index (χ0) is 72.8. The van der Waals surface area contributed by atoms with Gasteiger partial charge in [0, 0.05) is 25.7 Å². The monoisotopic (exact) mass is 1450 g/mol. The maximum atomic E-state index is 13.1. The van der Waals surface area contributed by atoms with Crippen LogP contribution in [-0.4, -0.2) is 96.7 Å². The fourth-order valence-corrected chi connectivity index (χ4v) is 13.3. The van der Waals surface area contributed by atoms with Gasteiger partial charge in [0.25, 0.3) is 0 Å². The van der Waals surface area contributed by atoms with Gasteiger partial charge in [0.05, 0.1) is 26.4 Å². The molecule has 0 heterocycles. The molecule has 584 valence electrons. The van der Waals surface area contributed by atoms with Crippen molar-refractivity contribution in [3.63, 3.8) is 0 Å². The van der Waals surface area contributed by atoms with Crippen LogP contribution in [0.15, 0.2) is 24.3 Å². The van der Waals surface area contributed by atoms with Gasteiger partial charge in [-0.3, -0.25) is 37.3 Å². The smallest absolute Gasteiger partial charge is 0.462 e. The molecule has 3 N–H and O–H groups in total. The molecule has 99 heavy (non-hydrogen) atoms. The van der Waals surface area contributed by atoms with Gasteiger partial charge in [-0.1, -0.05) is 342 Å². The van der Waals surface area contributed by atoms with Crippen molar-refractivity contribution in [3.8, 4) is 0 Å². The van der Waals surface area contributed by atoms with Gasteiger partial charge < -0.3 is 33.8 Å². The number of aliphatic hydroxyl groups is 1. The number of esters is 4. The lowest BCUT2D eigenvalue weighted by atomic mass is 9.99. The Labute approximate surface area is 605 Å². The van der Waals surface area contributed by atoms with Gasteiger partial charge in [-0.25, -0.2) is 9.13 Å². The summed E-state index contributed by atoms with van der Waals surface area (Å²) in [5.41, 5.74) is 0. The lowest BCUT2D eigenvalue weighted by Gasteiger charge is -2.21. The van der Waals surface area contributed by atoms with Gasteiger partial charge in [0.15, 0.2) is 12.2 Å². The lowest BCUT2D eigenvalue weighted by molar-refractivity contribution is -0.161. The van der Waals surface area contributed by atoms with E-state index in [1.165, 1.54) is 186 Å². The van der Waals surface area contributed by atoms with Crippen LogP contribution in [0.2, 0.25) is 0 Å². The molecule has 0 rings (SSSR count). The Morgan fingerprint density at radius 3 is 0.859 bits per heavy atom. The maximum absolute atomic E-state index is 13.1. The van der Waals surface area contributed by atoms with Crippen molar-refractivity contribution in [2.75, 3.05) is 39.6 Å². The van der Waals surface area contributed by atoms with Crippen molar-refractivity contribution in [1.82, 2.24) is 0 Å². The Morgan fingerprint density at radius 1 is 0.323 bits per heavy atom. The summed E-state index contributed by atoms with van der Waals surface area (Å²) in [5, 5.41) is 10.6. The molecule has 17 nitrogen and oxygen atoms in total. The predicted octanol–water partition coefficient (Wildman–Crippen LogP) is 23.4. The first-order valence-corrected chi connectivity index (χ1v) is 43.9. The predicted molar refractivity (Wildman–Crippen MR) is 404 cm³/mol. The summed E-state index contributed by atoms with van der Waals surface area (Å²) < 4.78 is 68.5. The van der Waals surface area contributed by atoms with Crippen LogP contribution < -0.4 is 0 Å². The second-order valence-electron chi connectivity index (χ2n) is 28.6. The van der Waals surface area contributed by atoms with Crippen LogP contribution in [0.4, 0.5) is 0 Å². The van der Waals surface area contributed by atoms with Crippen molar-refractivity contribution in [1.29, 1.82) is 0 Å². The summed E-state index contributed by atoms with van der Waals surface area (Å²) >= 11 is 0. The van der Waals surface area contributed by atoms with Gasteiger partial charge in [-0.2, -0.15) is 0 Å². The van der Waals surface area contributed by atoms with Crippen LogP contribution in [0.3, 0.4) is 0 Å². The third-order valence-electron chi connectivity index (χ3n) is 18.8. The van der Waals surface area contributed by atoms with Crippen LogP contribution in [0, 0.1) is 11.8 Å². The molecular formula is C80H152O17P2. The van der Waals surface area contributed by atoms with Gasteiger partial charge in [0.1, 0.15) is 19.3 Å². The Hall–Kier alpha value is -2.46. The van der Waals surface area contributed by atoms with Gasteiger partial charge in [-0.15, -0.1) is 0 Å². The highest BCUT2D eigenvalue weighted by atomic mass is 31.2. The number of carbonyl (C=O) groups excluding carboxylic acids is 4. The number of phosphoric ester groups is 2. The highest BCUT2D eigenvalue weighted by molar-refractivity contribution is 7.47. The number of hydrogen-bond donors (Lipinski definition) is 3. The van der Waals surface area contributed by atoms with Gasteiger partial charge in [0.2, 0.25) is 0 Å². The maximum Gasteiger partial charge on any atom is 0.472 e. The molecule has 0 aromatic rings.